The molecule has 1 N–H and O–H groups in total. The summed E-state index contributed by atoms with van der Waals surface area (Å²) in [5.41, 5.74) is 0.394. The summed E-state index contributed by atoms with van der Waals surface area (Å²) in [5, 5.41) is 8.15. The van der Waals surface area contributed by atoms with Gasteiger partial charge in [-0.3, -0.25) is 4.79 Å². The Kier molecular flexibility index (Phi) is 4.29. The van der Waals surface area contributed by atoms with Crippen molar-refractivity contribution in [3.8, 4) is 0 Å². The zero-order valence-electron chi connectivity index (χ0n) is 13.3. The van der Waals surface area contributed by atoms with Crippen LogP contribution in [0.25, 0.3) is 10.8 Å². The summed E-state index contributed by atoms with van der Waals surface area (Å²) in [7, 11) is 0. The fourth-order valence-electron chi connectivity index (χ4n) is 2.25. The van der Waals surface area contributed by atoms with Crippen LogP contribution < -0.4 is 5.32 Å². The molecule has 6 heteroatoms. The molecular formula is C18H16N2O4. The molecule has 24 heavy (non-hydrogen) atoms. The maximum absolute atomic E-state index is 12.2. The van der Waals surface area contributed by atoms with Gasteiger partial charge in [0.25, 0.3) is 5.91 Å². The Balaban J connectivity index is 1.67. The normalized spacial score (nSPS) is 11.9. The molecule has 3 rings (SSSR count). The van der Waals surface area contributed by atoms with Gasteiger partial charge in [-0.25, -0.2) is 4.79 Å². The molecule has 0 spiro atoms. The number of nitrogens with one attached hydrogen (secondary N) is 1. The summed E-state index contributed by atoms with van der Waals surface area (Å²) in [4.78, 5) is 24.3. The first-order valence-corrected chi connectivity index (χ1v) is 7.47. The fraction of sp³-hybridized carbons (Fsp3) is 0.167. The number of nitrogens with zero attached hydrogens (tertiary/aromatic N) is 1. The Morgan fingerprint density at radius 2 is 1.88 bits per heavy atom. The lowest BCUT2D eigenvalue weighted by molar-refractivity contribution is -0.123. The minimum Gasteiger partial charge on any atom is -0.449 e. The molecule has 1 heterocycles. The molecule has 0 saturated carbocycles. The quantitative estimate of drug-likeness (QED) is 0.745. The van der Waals surface area contributed by atoms with Gasteiger partial charge in [0.05, 0.1) is 5.56 Å². The van der Waals surface area contributed by atoms with Crippen LogP contribution in [0.3, 0.4) is 0 Å². The number of fused-ring (bicyclic) bond motifs is 1. The topological polar surface area (TPSA) is 81.4 Å². The molecule has 0 aliphatic carbocycles. The number of hydrogen-bond acceptors (Lipinski definition) is 5. The highest BCUT2D eigenvalue weighted by Crippen LogP contribution is 2.17. The highest BCUT2D eigenvalue weighted by molar-refractivity contribution is 5.98. The van der Waals surface area contributed by atoms with Crippen molar-refractivity contribution in [3.05, 3.63) is 59.9 Å². The average Bonchev–Trinajstić information content (AvgIpc) is 2.99. The number of amides is 1. The second kappa shape index (κ2) is 6.54. The lowest BCUT2D eigenvalue weighted by atomic mass is 10.1. The fourth-order valence-corrected chi connectivity index (χ4v) is 2.25. The first-order valence-electron chi connectivity index (χ1n) is 7.47. The zero-order chi connectivity index (χ0) is 17.1. The van der Waals surface area contributed by atoms with E-state index in [9.17, 15) is 9.59 Å². The van der Waals surface area contributed by atoms with Gasteiger partial charge in [0.2, 0.25) is 0 Å². The van der Waals surface area contributed by atoms with E-state index in [2.05, 4.69) is 10.5 Å². The Hall–Kier alpha value is -3.15. The third kappa shape index (κ3) is 3.43. The molecular weight excluding hydrogens is 308 g/mol. The monoisotopic (exact) mass is 324 g/mol. The van der Waals surface area contributed by atoms with Crippen molar-refractivity contribution in [2.24, 2.45) is 0 Å². The highest BCUT2D eigenvalue weighted by atomic mass is 16.5. The van der Waals surface area contributed by atoms with Crippen LogP contribution in [0.1, 0.15) is 23.0 Å². The van der Waals surface area contributed by atoms with E-state index < -0.39 is 18.0 Å². The molecule has 0 radical (unpaired) electrons. The van der Waals surface area contributed by atoms with Crippen molar-refractivity contribution in [1.82, 2.24) is 5.16 Å². The molecule has 3 aromatic rings. The van der Waals surface area contributed by atoms with Gasteiger partial charge in [0.15, 0.2) is 11.9 Å². The van der Waals surface area contributed by atoms with Crippen molar-refractivity contribution in [3.63, 3.8) is 0 Å². The van der Waals surface area contributed by atoms with Crippen LogP contribution in [-0.4, -0.2) is 23.1 Å². The molecule has 2 aromatic carbocycles. The third-order valence-corrected chi connectivity index (χ3v) is 3.52. The number of benzene rings is 2. The van der Waals surface area contributed by atoms with Crippen LogP contribution in [0.4, 0.5) is 5.82 Å². The van der Waals surface area contributed by atoms with E-state index in [0.717, 1.165) is 10.8 Å². The molecule has 0 aliphatic rings. The molecule has 122 valence electrons. The van der Waals surface area contributed by atoms with Gasteiger partial charge in [-0.1, -0.05) is 35.5 Å². The maximum Gasteiger partial charge on any atom is 0.338 e. The number of anilines is 1. The second-order valence-electron chi connectivity index (χ2n) is 5.42. The van der Waals surface area contributed by atoms with Gasteiger partial charge >= 0.3 is 5.97 Å². The van der Waals surface area contributed by atoms with Gasteiger partial charge in [-0.15, -0.1) is 0 Å². The SMILES string of the molecule is Cc1cc(NC(=O)C(C)OC(=O)c2ccc3ccccc3c2)no1. The molecule has 1 aromatic heterocycles. The third-order valence-electron chi connectivity index (χ3n) is 3.52. The Morgan fingerprint density at radius 1 is 1.12 bits per heavy atom. The van der Waals surface area contributed by atoms with Gasteiger partial charge in [0, 0.05) is 6.07 Å². The summed E-state index contributed by atoms with van der Waals surface area (Å²) in [6, 6.07) is 14.5. The molecule has 0 fully saturated rings. The molecule has 0 saturated heterocycles. The van der Waals surface area contributed by atoms with Crippen molar-refractivity contribution < 1.29 is 18.8 Å². The lowest BCUT2D eigenvalue weighted by Gasteiger charge is -2.12. The second-order valence-corrected chi connectivity index (χ2v) is 5.42. The van der Waals surface area contributed by atoms with E-state index in [1.54, 1.807) is 25.1 Å². The largest absolute Gasteiger partial charge is 0.449 e. The maximum atomic E-state index is 12.2. The van der Waals surface area contributed by atoms with Gasteiger partial charge in [0.1, 0.15) is 5.76 Å². The smallest absolute Gasteiger partial charge is 0.338 e. The number of aromatic nitrogens is 1. The summed E-state index contributed by atoms with van der Waals surface area (Å²) in [6.45, 7) is 3.22. The van der Waals surface area contributed by atoms with E-state index in [-0.39, 0.29) is 5.82 Å². The first-order chi connectivity index (χ1) is 11.5. The van der Waals surface area contributed by atoms with Gasteiger partial charge in [-0.05, 0) is 36.8 Å². The first kappa shape index (κ1) is 15.7. The van der Waals surface area contributed by atoms with Crippen LogP contribution >= 0.6 is 0 Å². The molecule has 0 bridgehead atoms. The van der Waals surface area contributed by atoms with Gasteiger partial charge in [-0.2, -0.15) is 0 Å². The Morgan fingerprint density at radius 3 is 2.58 bits per heavy atom. The van der Waals surface area contributed by atoms with Crippen LogP contribution in [0.2, 0.25) is 0 Å². The minimum atomic E-state index is -0.957. The molecule has 6 nitrogen and oxygen atoms in total. The molecule has 1 atom stereocenters. The summed E-state index contributed by atoms with van der Waals surface area (Å²) in [6.07, 6.45) is -0.957. The van der Waals surface area contributed by atoms with E-state index in [1.165, 1.54) is 6.92 Å². The van der Waals surface area contributed by atoms with Crippen molar-refractivity contribution in [2.75, 3.05) is 5.32 Å². The van der Waals surface area contributed by atoms with Crippen molar-refractivity contribution >= 4 is 28.5 Å². The lowest BCUT2D eigenvalue weighted by Crippen LogP contribution is -2.30. The Bertz CT molecular complexity index is 901. The van der Waals surface area contributed by atoms with E-state index in [0.29, 0.717) is 11.3 Å². The molecule has 1 unspecified atom stereocenters. The molecule has 1 amide bonds. The van der Waals surface area contributed by atoms with E-state index >= 15 is 0 Å². The standard InChI is InChI=1S/C18H16N2O4/c1-11-9-16(20-24-11)19-17(21)12(2)23-18(22)15-8-7-13-5-3-4-6-14(13)10-15/h3-10,12H,1-2H3,(H,19,20,21). The average molecular weight is 324 g/mol. The number of esters is 1. The van der Waals surface area contributed by atoms with Crippen LogP contribution in [0.15, 0.2) is 53.1 Å². The number of carbonyl (C=O) groups excluding carboxylic acids is 2. The van der Waals surface area contributed by atoms with Crippen molar-refractivity contribution in [2.45, 2.75) is 20.0 Å². The predicted octanol–water partition coefficient (Wildman–Crippen LogP) is 3.32. The number of aryl methyl sites for hydroxylation is 1. The predicted molar refractivity (Wildman–Crippen MR) is 88.7 cm³/mol. The summed E-state index contributed by atoms with van der Waals surface area (Å²) < 4.78 is 10.1. The van der Waals surface area contributed by atoms with E-state index in [1.807, 2.05) is 30.3 Å². The zero-order valence-corrected chi connectivity index (χ0v) is 13.3. The van der Waals surface area contributed by atoms with Crippen LogP contribution in [-0.2, 0) is 9.53 Å². The number of ether oxygens (including phenoxy) is 1. The van der Waals surface area contributed by atoms with Crippen molar-refractivity contribution in [1.29, 1.82) is 0 Å². The molecule has 0 aliphatic heterocycles. The van der Waals surface area contributed by atoms with E-state index in [4.69, 9.17) is 9.26 Å². The van der Waals surface area contributed by atoms with Crippen LogP contribution in [0.5, 0.6) is 0 Å². The number of hydrogen-bond donors (Lipinski definition) is 1. The summed E-state index contributed by atoms with van der Waals surface area (Å²) >= 11 is 0. The Labute approximate surface area is 138 Å². The summed E-state index contributed by atoms with van der Waals surface area (Å²) in [5.74, 6) is -0.172. The highest BCUT2D eigenvalue weighted by Gasteiger charge is 2.20. The van der Waals surface area contributed by atoms with Gasteiger partial charge < -0.3 is 14.6 Å². The minimum absolute atomic E-state index is 0.283. The number of carbonyl (C=O) groups is 2. The number of rotatable bonds is 4. The van der Waals surface area contributed by atoms with Crippen LogP contribution in [0, 0.1) is 6.92 Å².